The van der Waals surface area contributed by atoms with Crippen molar-refractivity contribution in [2.24, 2.45) is 0 Å². The van der Waals surface area contributed by atoms with E-state index in [0.29, 0.717) is 19.2 Å². The van der Waals surface area contributed by atoms with Crippen molar-refractivity contribution >= 4 is 11.7 Å². The van der Waals surface area contributed by atoms with Crippen LogP contribution in [0, 0.1) is 0 Å². The van der Waals surface area contributed by atoms with Gasteiger partial charge in [-0.25, -0.2) is 10.4 Å². The molecule has 24 heavy (non-hydrogen) atoms. The van der Waals surface area contributed by atoms with Gasteiger partial charge in [0.1, 0.15) is 11.9 Å². The van der Waals surface area contributed by atoms with Crippen LogP contribution < -0.4 is 16.2 Å². The van der Waals surface area contributed by atoms with Gasteiger partial charge >= 0.3 is 0 Å². The summed E-state index contributed by atoms with van der Waals surface area (Å²) in [6.07, 6.45) is 7.67. The minimum atomic E-state index is -0.215. The third-order valence-corrected chi connectivity index (χ3v) is 5.14. The second-order valence-corrected chi connectivity index (χ2v) is 7.12. The Balaban J connectivity index is 1.34. The Kier molecular flexibility index (Phi) is 4.11. The minimum Gasteiger partial charge on any atom is -0.371 e. The second-order valence-electron chi connectivity index (χ2n) is 7.12. The first-order valence-corrected chi connectivity index (χ1v) is 8.60. The molecule has 1 aromatic rings. The summed E-state index contributed by atoms with van der Waals surface area (Å²) in [5, 5.41) is 3.37. The van der Waals surface area contributed by atoms with Crippen molar-refractivity contribution in [2.75, 3.05) is 25.0 Å². The fourth-order valence-electron chi connectivity index (χ4n) is 3.93. The molecular formula is C16H24N6O2. The quantitative estimate of drug-likeness (QED) is 0.712. The van der Waals surface area contributed by atoms with Crippen LogP contribution in [0.4, 0.5) is 5.82 Å². The number of rotatable bonds is 3. The maximum absolute atomic E-state index is 12.6. The Hall–Kier alpha value is -1.77. The van der Waals surface area contributed by atoms with E-state index in [9.17, 15) is 4.79 Å². The molecule has 0 bridgehead atoms. The standard InChI is InChI=1S/C16H24N6O2/c1-11-6-13(21-20-11)15(23)22-5-2-16(10-22)7-12(9-24-16)19-14-8-17-3-4-18-14/h3-4,8,11-13,20-21H,2,5-7,9-10H2,1H3,(H,18,19). The average Bonchev–Trinajstić information content (AvgIpc) is 3.30. The van der Waals surface area contributed by atoms with E-state index in [0.717, 1.165) is 31.6 Å². The zero-order chi connectivity index (χ0) is 16.6. The molecule has 0 aromatic carbocycles. The first kappa shape index (κ1) is 15.7. The van der Waals surface area contributed by atoms with Gasteiger partial charge in [-0.3, -0.25) is 15.2 Å². The van der Waals surface area contributed by atoms with E-state index in [2.05, 4.69) is 33.1 Å². The summed E-state index contributed by atoms with van der Waals surface area (Å²) in [7, 11) is 0. The molecule has 1 aromatic heterocycles. The van der Waals surface area contributed by atoms with Crippen LogP contribution in [0.3, 0.4) is 0 Å². The van der Waals surface area contributed by atoms with Gasteiger partial charge in [0.05, 0.1) is 24.4 Å². The number of amides is 1. The third kappa shape index (κ3) is 3.09. The summed E-state index contributed by atoms with van der Waals surface area (Å²) in [4.78, 5) is 22.9. The number of hydrogen-bond donors (Lipinski definition) is 3. The van der Waals surface area contributed by atoms with E-state index < -0.39 is 0 Å². The molecule has 3 aliphatic heterocycles. The van der Waals surface area contributed by atoms with E-state index >= 15 is 0 Å². The van der Waals surface area contributed by atoms with E-state index in [1.54, 1.807) is 18.6 Å². The first-order valence-electron chi connectivity index (χ1n) is 8.60. The Morgan fingerprint density at radius 2 is 2.38 bits per heavy atom. The molecular weight excluding hydrogens is 308 g/mol. The van der Waals surface area contributed by atoms with Crippen LogP contribution in [0.2, 0.25) is 0 Å². The van der Waals surface area contributed by atoms with Gasteiger partial charge in [0.25, 0.3) is 0 Å². The lowest BCUT2D eigenvalue weighted by atomic mass is 9.97. The number of nitrogens with one attached hydrogen (secondary N) is 3. The maximum Gasteiger partial charge on any atom is 0.241 e. The molecule has 4 atom stereocenters. The second kappa shape index (κ2) is 6.27. The van der Waals surface area contributed by atoms with Crippen molar-refractivity contribution in [2.45, 2.75) is 49.9 Å². The molecule has 130 valence electrons. The third-order valence-electron chi connectivity index (χ3n) is 5.14. The smallest absolute Gasteiger partial charge is 0.241 e. The van der Waals surface area contributed by atoms with E-state index in [1.165, 1.54) is 0 Å². The van der Waals surface area contributed by atoms with Crippen molar-refractivity contribution in [3.8, 4) is 0 Å². The molecule has 0 saturated carbocycles. The van der Waals surface area contributed by atoms with Gasteiger partial charge in [-0.15, -0.1) is 0 Å². The predicted molar refractivity (Wildman–Crippen MR) is 88.1 cm³/mol. The number of nitrogens with zero attached hydrogens (tertiary/aromatic N) is 3. The van der Waals surface area contributed by atoms with Crippen LogP contribution in [0.15, 0.2) is 18.6 Å². The minimum absolute atomic E-state index is 0.120. The molecule has 3 aliphatic rings. The molecule has 1 spiro atoms. The van der Waals surface area contributed by atoms with Crippen molar-refractivity contribution in [3.63, 3.8) is 0 Å². The number of aromatic nitrogens is 2. The SMILES string of the molecule is CC1CC(C(=O)N2CCC3(CC(Nc4cnccn4)CO3)C2)NN1. The van der Waals surface area contributed by atoms with Crippen molar-refractivity contribution < 1.29 is 9.53 Å². The maximum atomic E-state index is 12.6. The number of carbonyl (C=O) groups excluding carboxylic acids is 1. The van der Waals surface area contributed by atoms with Gasteiger partial charge in [0.2, 0.25) is 5.91 Å². The number of likely N-dealkylation sites (tertiary alicyclic amines) is 1. The van der Waals surface area contributed by atoms with Gasteiger partial charge in [0.15, 0.2) is 0 Å². The number of hydrogen-bond acceptors (Lipinski definition) is 7. The van der Waals surface area contributed by atoms with Gasteiger partial charge in [0, 0.05) is 37.9 Å². The van der Waals surface area contributed by atoms with Gasteiger partial charge in [-0.05, 0) is 19.8 Å². The molecule has 0 radical (unpaired) electrons. The summed E-state index contributed by atoms with van der Waals surface area (Å²) in [6.45, 7) is 4.16. The van der Waals surface area contributed by atoms with Crippen molar-refractivity contribution in [1.29, 1.82) is 0 Å². The monoisotopic (exact) mass is 332 g/mol. The average molecular weight is 332 g/mol. The topological polar surface area (TPSA) is 91.4 Å². The molecule has 0 aliphatic carbocycles. The normalized spacial score (nSPS) is 35.7. The molecule has 3 saturated heterocycles. The fourth-order valence-corrected chi connectivity index (χ4v) is 3.93. The van der Waals surface area contributed by atoms with Crippen LogP contribution in [-0.4, -0.2) is 64.2 Å². The predicted octanol–water partition coefficient (Wildman–Crippen LogP) is -0.0965. The molecule has 3 N–H and O–H groups in total. The van der Waals surface area contributed by atoms with Crippen LogP contribution in [0.1, 0.15) is 26.2 Å². The van der Waals surface area contributed by atoms with Crippen LogP contribution >= 0.6 is 0 Å². The summed E-state index contributed by atoms with van der Waals surface area (Å²) >= 11 is 0. The Labute approximate surface area is 141 Å². The highest BCUT2D eigenvalue weighted by molar-refractivity contribution is 5.82. The number of anilines is 1. The lowest BCUT2D eigenvalue weighted by Gasteiger charge is -2.25. The molecule has 3 fully saturated rings. The van der Waals surface area contributed by atoms with Gasteiger partial charge < -0.3 is 15.0 Å². The highest BCUT2D eigenvalue weighted by Gasteiger charge is 2.48. The van der Waals surface area contributed by atoms with E-state index in [1.807, 2.05) is 4.90 Å². The van der Waals surface area contributed by atoms with E-state index in [4.69, 9.17) is 4.74 Å². The largest absolute Gasteiger partial charge is 0.371 e. The summed E-state index contributed by atoms with van der Waals surface area (Å²) in [5.74, 6) is 0.946. The van der Waals surface area contributed by atoms with Crippen molar-refractivity contribution in [3.05, 3.63) is 18.6 Å². The van der Waals surface area contributed by atoms with E-state index in [-0.39, 0.29) is 23.6 Å². The Bertz CT molecular complexity index is 599. The molecule has 8 heteroatoms. The summed E-state index contributed by atoms with van der Waals surface area (Å²) in [5.41, 5.74) is 6.00. The first-order chi connectivity index (χ1) is 11.6. The van der Waals surface area contributed by atoms with Crippen LogP contribution in [0.5, 0.6) is 0 Å². The molecule has 1 amide bonds. The number of hydrazine groups is 1. The van der Waals surface area contributed by atoms with Gasteiger partial charge in [-0.2, -0.15) is 0 Å². The summed E-state index contributed by atoms with van der Waals surface area (Å²) < 4.78 is 6.11. The molecule has 4 unspecified atom stereocenters. The zero-order valence-electron chi connectivity index (χ0n) is 13.9. The zero-order valence-corrected chi connectivity index (χ0v) is 13.9. The molecule has 8 nitrogen and oxygen atoms in total. The number of carbonyl (C=O) groups is 1. The molecule has 4 heterocycles. The summed E-state index contributed by atoms with van der Waals surface area (Å²) in [6, 6.07) is 0.423. The lowest BCUT2D eigenvalue weighted by Crippen LogP contribution is -2.46. The van der Waals surface area contributed by atoms with Crippen molar-refractivity contribution in [1.82, 2.24) is 25.7 Å². The number of ether oxygens (including phenoxy) is 1. The Morgan fingerprint density at radius 1 is 1.46 bits per heavy atom. The molecule has 4 rings (SSSR count). The van der Waals surface area contributed by atoms with Crippen LogP contribution in [0.25, 0.3) is 0 Å². The van der Waals surface area contributed by atoms with Crippen LogP contribution in [-0.2, 0) is 9.53 Å². The van der Waals surface area contributed by atoms with Gasteiger partial charge in [-0.1, -0.05) is 0 Å². The highest BCUT2D eigenvalue weighted by Crippen LogP contribution is 2.36. The fraction of sp³-hybridized carbons (Fsp3) is 0.688. The Morgan fingerprint density at radius 3 is 3.12 bits per heavy atom. The lowest BCUT2D eigenvalue weighted by molar-refractivity contribution is -0.133. The highest BCUT2D eigenvalue weighted by atomic mass is 16.5.